The summed E-state index contributed by atoms with van der Waals surface area (Å²) in [5.41, 5.74) is 5.37. The Morgan fingerprint density at radius 2 is 1.59 bits per heavy atom. The van der Waals surface area contributed by atoms with Crippen molar-refractivity contribution in [3.63, 3.8) is 0 Å². The van der Waals surface area contributed by atoms with Gasteiger partial charge in [0.1, 0.15) is 13.2 Å². The number of hydrazine groups is 1. The van der Waals surface area contributed by atoms with Crippen LogP contribution >= 0.6 is 0 Å². The van der Waals surface area contributed by atoms with Crippen molar-refractivity contribution in [2.24, 2.45) is 0 Å². The number of sulfonamides is 1. The molecule has 3 N–H and O–H groups in total. The van der Waals surface area contributed by atoms with Crippen LogP contribution in [0, 0.1) is 0 Å². The summed E-state index contributed by atoms with van der Waals surface area (Å²) in [6, 6.07) is 13.4. The quantitative estimate of drug-likeness (QED) is 0.562. The lowest BCUT2D eigenvalue weighted by Gasteiger charge is -2.18. The average Bonchev–Trinajstić information content (AvgIpc) is 2.72. The van der Waals surface area contributed by atoms with Crippen molar-refractivity contribution in [3.05, 3.63) is 54.1 Å². The number of hydrogen-bond acceptors (Lipinski definition) is 6. The number of ether oxygens (including phenoxy) is 2. The Balaban J connectivity index is 1.43. The normalized spacial score (nSPS) is 12.8. The van der Waals surface area contributed by atoms with E-state index < -0.39 is 15.9 Å². The molecule has 2 amide bonds. The lowest BCUT2D eigenvalue weighted by Crippen LogP contribution is -2.43. The number of carbonyl (C=O) groups excluding carboxylic acids is 2. The summed E-state index contributed by atoms with van der Waals surface area (Å²) in [5.74, 6) is -0.0449. The molecule has 1 heterocycles. The molecule has 154 valence electrons. The number of benzene rings is 2. The van der Waals surface area contributed by atoms with E-state index in [4.69, 9.17) is 9.47 Å². The van der Waals surface area contributed by atoms with E-state index in [-0.39, 0.29) is 30.2 Å². The SMILES string of the molecule is O=C(CCNS(=O)(=O)c1ccc2c(c1)OCCO2)NNC(=O)Cc1ccccc1. The largest absolute Gasteiger partial charge is 0.486 e. The second-order valence-electron chi connectivity index (χ2n) is 6.21. The predicted octanol–water partition coefficient (Wildman–Crippen LogP) is 0.516. The van der Waals surface area contributed by atoms with Gasteiger partial charge >= 0.3 is 0 Å². The lowest BCUT2D eigenvalue weighted by molar-refractivity contribution is -0.128. The fourth-order valence-corrected chi connectivity index (χ4v) is 3.65. The maximum atomic E-state index is 12.4. The van der Waals surface area contributed by atoms with Crippen molar-refractivity contribution in [2.75, 3.05) is 19.8 Å². The molecule has 0 aromatic heterocycles. The van der Waals surface area contributed by atoms with Crippen LogP contribution in [0.25, 0.3) is 0 Å². The van der Waals surface area contributed by atoms with E-state index in [1.807, 2.05) is 18.2 Å². The first kappa shape index (κ1) is 20.6. The Morgan fingerprint density at radius 3 is 2.34 bits per heavy atom. The van der Waals surface area contributed by atoms with Gasteiger partial charge in [0.25, 0.3) is 0 Å². The molecule has 0 bridgehead atoms. The molecule has 0 atom stereocenters. The molecule has 2 aromatic carbocycles. The highest BCUT2D eigenvalue weighted by atomic mass is 32.2. The van der Waals surface area contributed by atoms with E-state index in [1.54, 1.807) is 12.1 Å². The molecule has 0 radical (unpaired) electrons. The molecular weight excluding hydrogens is 398 g/mol. The van der Waals surface area contributed by atoms with Crippen LogP contribution in [0.5, 0.6) is 11.5 Å². The second kappa shape index (κ2) is 9.39. The molecule has 29 heavy (non-hydrogen) atoms. The van der Waals surface area contributed by atoms with Crippen LogP contribution in [-0.2, 0) is 26.0 Å². The summed E-state index contributed by atoms with van der Waals surface area (Å²) < 4.78 is 37.8. The third kappa shape index (κ3) is 5.93. The van der Waals surface area contributed by atoms with Gasteiger partial charge in [-0.15, -0.1) is 0 Å². The summed E-state index contributed by atoms with van der Waals surface area (Å²) in [6.07, 6.45) is -0.0206. The first-order valence-corrected chi connectivity index (χ1v) is 10.4. The Labute approximate surface area is 168 Å². The van der Waals surface area contributed by atoms with Crippen molar-refractivity contribution >= 4 is 21.8 Å². The highest BCUT2D eigenvalue weighted by molar-refractivity contribution is 7.89. The van der Waals surface area contributed by atoms with Gasteiger partial charge in [0.2, 0.25) is 21.8 Å². The fraction of sp³-hybridized carbons (Fsp3) is 0.263. The van der Waals surface area contributed by atoms with Crippen LogP contribution in [0.1, 0.15) is 12.0 Å². The number of fused-ring (bicyclic) bond motifs is 1. The molecule has 0 saturated heterocycles. The van der Waals surface area contributed by atoms with Gasteiger partial charge < -0.3 is 9.47 Å². The zero-order valence-electron chi connectivity index (χ0n) is 15.5. The van der Waals surface area contributed by atoms with Gasteiger partial charge in [0.05, 0.1) is 11.3 Å². The molecule has 10 heteroatoms. The molecule has 0 unspecified atom stereocenters. The van der Waals surface area contributed by atoms with E-state index in [0.29, 0.717) is 24.7 Å². The molecule has 0 aliphatic carbocycles. The summed E-state index contributed by atoms with van der Waals surface area (Å²) in [6.45, 7) is 0.631. The van der Waals surface area contributed by atoms with Gasteiger partial charge in [-0.3, -0.25) is 20.4 Å². The van der Waals surface area contributed by atoms with Crippen molar-refractivity contribution in [3.8, 4) is 11.5 Å². The van der Waals surface area contributed by atoms with Crippen LogP contribution in [0.3, 0.4) is 0 Å². The Kier molecular flexibility index (Phi) is 6.68. The molecule has 2 aromatic rings. The van der Waals surface area contributed by atoms with Gasteiger partial charge in [0.15, 0.2) is 11.5 Å². The molecule has 1 aliphatic heterocycles. The maximum Gasteiger partial charge on any atom is 0.242 e. The topological polar surface area (TPSA) is 123 Å². The van der Waals surface area contributed by atoms with Crippen LogP contribution in [0.2, 0.25) is 0 Å². The summed E-state index contributed by atoms with van der Waals surface area (Å²) >= 11 is 0. The van der Waals surface area contributed by atoms with E-state index in [1.165, 1.54) is 18.2 Å². The van der Waals surface area contributed by atoms with Crippen LogP contribution in [0.4, 0.5) is 0 Å². The summed E-state index contributed by atoms with van der Waals surface area (Å²) in [5, 5.41) is 0. The average molecular weight is 419 g/mol. The first-order chi connectivity index (χ1) is 13.9. The number of amides is 2. The summed E-state index contributed by atoms with van der Waals surface area (Å²) in [4.78, 5) is 23.6. The van der Waals surface area contributed by atoms with Crippen molar-refractivity contribution < 1.29 is 27.5 Å². The van der Waals surface area contributed by atoms with Gasteiger partial charge in [-0.1, -0.05) is 30.3 Å². The highest BCUT2D eigenvalue weighted by Crippen LogP contribution is 2.32. The minimum absolute atomic E-state index is 0.0123. The minimum atomic E-state index is -3.81. The van der Waals surface area contributed by atoms with Gasteiger partial charge in [-0.25, -0.2) is 13.1 Å². The van der Waals surface area contributed by atoms with Crippen molar-refractivity contribution in [1.82, 2.24) is 15.6 Å². The molecular formula is C19H21N3O6S. The van der Waals surface area contributed by atoms with E-state index in [0.717, 1.165) is 5.56 Å². The molecule has 9 nitrogen and oxygen atoms in total. The third-order valence-electron chi connectivity index (χ3n) is 4.02. The standard InChI is InChI=1S/C19H21N3O6S/c23-18(21-22-19(24)12-14-4-2-1-3-5-14)8-9-20-29(25,26)15-6-7-16-17(13-15)28-11-10-27-16/h1-7,13,20H,8-12H2,(H,21,23)(H,22,24). The first-order valence-electron chi connectivity index (χ1n) is 8.95. The van der Waals surface area contributed by atoms with Gasteiger partial charge in [0, 0.05) is 19.0 Å². The maximum absolute atomic E-state index is 12.4. The summed E-state index contributed by atoms with van der Waals surface area (Å²) in [7, 11) is -3.81. The molecule has 3 rings (SSSR count). The van der Waals surface area contributed by atoms with Crippen LogP contribution in [-0.4, -0.2) is 40.0 Å². The van der Waals surface area contributed by atoms with E-state index >= 15 is 0 Å². The smallest absolute Gasteiger partial charge is 0.242 e. The van der Waals surface area contributed by atoms with Crippen molar-refractivity contribution in [1.29, 1.82) is 0 Å². The van der Waals surface area contributed by atoms with Gasteiger partial charge in [-0.05, 0) is 17.7 Å². The van der Waals surface area contributed by atoms with E-state index in [2.05, 4.69) is 15.6 Å². The minimum Gasteiger partial charge on any atom is -0.486 e. The predicted molar refractivity (Wildman–Crippen MR) is 104 cm³/mol. The third-order valence-corrected chi connectivity index (χ3v) is 5.48. The zero-order valence-corrected chi connectivity index (χ0v) is 16.3. The molecule has 0 spiro atoms. The molecule has 1 aliphatic rings. The fourth-order valence-electron chi connectivity index (χ4n) is 2.60. The molecule has 0 saturated carbocycles. The van der Waals surface area contributed by atoms with E-state index in [9.17, 15) is 18.0 Å². The Morgan fingerprint density at radius 1 is 0.897 bits per heavy atom. The van der Waals surface area contributed by atoms with Crippen molar-refractivity contribution in [2.45, 2.75) is 17.7 Å². The number of nitrogens with one attached hydrogen (secondary N) is 3. The lowest BCUT2D eigenvalue weighted by atomic mass is 10.1. The number of hydrogen-bond donors (Lipinski definition) is 3. The van der Waals surface area contributed by atoms with Crippen LogP contribution in [0.15, 0.2) is 53.4 Å². The number of rotatable bonds is 7. The Hall–Kier alpha value is -3.11. The highest BCUT2D eigenvalue weighted by Gasteiger charge is 2.19. The second-order valence-corrected chi connectivity index (χ2v) is 7.98. The zero-order chi connectivity index (χ0) is 20.7. The monoisotopic (exact) mass is 419 g/mol. The van der Waals surface area contributed by atoms with Crippen LogP contribution < -0.4 is 25.0 Å². The van der Waals surface area contributed by atoms with Gasteiger partial charge in [-0.2, -0.15) is 0 Å². The number of carbonyl (C=O) groups is 2. The Bertz CT molecular complexity index is 979. The molecule has 0 fully saturated rings.